The van der Waals surface area contributed by atoms with E-state index in [1.54, 1.807) is 4.90 Å². The first kappa shape index (κ1) is 20.2. The summed E-state index contributed by atoms with van der Waals surface area (Å²) in [6.07, 6.45) is -1.07. The van der Waals surface area contributed by atoms with Crippen LogP contribution in [0.4, 0.5) is 13.2 Å². The second kappa shape index (κ2) is 7.97. The summed E-state index contributed by atoms with van der Waals surface area (Å²) in [6, 6.07) is 14.7. The van der Waals surface area contributed by atoms with Gasteiger partial charge >= 0.3 is 6.18 Å². The van der Waals surface area contributed by atoms with Crippen LogP contribution < -0.4 is 0 Å². The lowest BCUT2D eigenvalue weighted by Gasteiger charge is -2.32. The van der Waals surface area contributed by atoms with Crippen molar-refractivity contribution in [3.8, 4) is 0 Å². The van der Waals surface area contributed by atoms with Crippen LogP contribution in [0.3, 0.4) is 0 Å². The highest BCUT2D eigenvalue weighted by Gasteiger charge is 2.40. The number of rotatable bonds is 4. The number of H-pyrrole nitrogens is 1. The Hall–Kier alpha value is -3.09. The number of fused-ring (bicyclic) bond motifs is 1. The van der Waals surface area contributed by atoms with Crippen LogP contribution in [0.2, 0.25) is 0 Å². The quantitative estimate of drug-likeness (QED) is 0.611. The van der Waals surface area contributed by atoms with Crippen LogP contribution in [0.25, 0.3) is 10.9 Å². The van der Waals surface area contributed by atoms with Gasteiger partial charge in [-0.1, -0.05) is 36.4 Å². The van der Waals surface area contributed by atoms with Crippen molar-refractivity contribution in [2.75, 3.05) is 13.1 Å². The molecule has 1 amide bonds. The number of hydrogen-bond acceptors (Lipinski definition) is 2. The van der Waals surface area contributed by atoms with Crippen molar-refractivity contribution in [1.82, 2.24) is 9.88 Å². The van der Waals surface area contributed by atoms with E-state index in [9.17, 15) is 22.8 Å². The molecule has 0 spiro atoms. The Morgan fingerprint density at radius 1 is 1.03 bits per heavy atom. The average Bonchev–Trinajstić information content (AvgIpc) is 3.16. The summed E-state index contributed by atoms with van der Waals surface area (Å²) in [6.45, 7) is 1.30. The van der Waals surface area contributed by atoms with E-state index >= 15 is 0 Å². The van der Waals surface area contributed by atoms with Gasteiger partial charge in [0.1, 0.15) is 0 Å². The van der Waals surface area contributed by atoms with E-state index in [0.29, 0.717) is 30.1 Å². The van der Waals surface area contributed by atoms with Crippen molar-refractivity contribution in [2.45, 2.75) is 25.4 Å². The molecule has 2 aromatic carbocycles. The number of hydrogen-bond donors (Lipinski definition) is 1. The number of nitrogens with one attached hydrogen (secondary N) is 1. The van der Waals surface area contributed by atoms with Gasteiger partial charge in [0.05, 0.1) is 5.56 Å². The summed E-state index contributed by atoms with van der Waals surface area (Å²) in [5.74, 6) is -1.51. The third-order valence-electron chi connectivity index (χ3n) is 5.70. The topological polar surface area (TPSA) is 53.2 Å². The van der Waals surface area contributed by atoms with Gasteiger partial charge in [-0.3, -0.25) is 9.59 Å². The fraction of sp³-hybridized carbons (Fsp3) is 0.304. The second-order valence-electron chi connectivity index (χ2n) is 7.71. The number of carbonyl (C=O) groups excluding carboxylic acids is 2. The second-order valence-corrected chi connectivity index (χ2v) is 7.71. The SMILES string of the molecule is O=C(c1ccc2c(C(=O)C(F)(F)F)c[nH]c2c1)N1CCC(Cc2ccccc2)CC1. The predicted molar refractivity (Wildman–Crippen MR) is 107 cm³/mol. The number of ketones is 1. The molecule has 1 fully saturated rings. The van der Waals surface area contributed by atoms with Crippen LogP contribution in [-0.2, 0) is 6.42 Å². The van der Waals surface area contributed by atoms with Gasteiger partial charge in [0.2, 0.25) is 0 Å². The highest BCUT2D eigenvalue weighted by molar-refractivity contribution is 6.11. The first-order chi connectivity index (χ1) is 14.3. The van der Waals surface area contributed by atoms with E-state index in [-0.39, 0.29) is 11.3 Å². The number of amides is 1. The van der Waals surface area contributed by atoms with Crippen molar-refractivity contribution in [3.05, 3.63) is 71.4 Å². The van der Waals surface area contributed by atoms with E-state index in [1.165, 1.54) is 23.8 Å². The molecule has 156 valence electrons. The standard InChI is InChI=1S/C23H21F3N2O2/c24-23(25,26)21(29)19-14-27-20-13-17(6-7-18(19)20)22(30)28-10-8-16(9-11-28)12-15-4-2-1-3-5-15/h1-7,13-14,16,27H,8-12H2. The fourth-order valence-corrected chi connectivity index (χ4v) is 4.07. The highest BCUT2D eigenvalue weighted by atomic mass is 19.4. The van der Waals surface area contributed by atoms with Gasteiger partial charge in [-0.2, -0.15) is 13.2 Å². The van der Waals surface area contributed by atoms with Gasteiger partial charge in [-0.15, -0.1) is 0 Å². The zero-order valence-electron chi connectivity index (χ0n) is 16.2. The molecule has 0 radical (unpaired) electrons. The Bertz CT molecular complexity index is 1060. The molecule has 1 saturated heterocycles. The van der Waals surface area contributed by atoms with Gasteiger partial charge in [0.25, 0.3) is 11.7 Å². The average molecular weight is 414 g/mol. The molecular weight excluding hydrogens is 393 g/mol. The number of likely N-dealkylation sites (tertiary alicyclic amines) is 1. The van der Waals surface area contributed by atoms with Crippen molar-refractivity contribution < 1.29 is 22.8 Å². The smallest absolute Gasteiger partial charge is 0.360 e. The maximum atomic E-state index is 12.9. The minimum atomic E-state index is -4.94. The largest absolute Gasteiger partial charge is 0.454 e. The molecule has 0 saturated carbocycles. The molecule has 1 N–H and O–H groups in total. The lowest BCUT2D eigenvalue weighted by Crippen LogP contribution is -2.38. The molecule has 3 aromatic rings. The molecule has 4 nitrogen and oxygen atoms in total. The number of benzene rings is 2. The molecule has 1 aromatic heterocycles. The minimum Gasteiger partial charge on any atom is -0.360 e. The maximum absolute atomic E-state index is 12.9. The molecule has 2 heterocycles. The number of piperidine rings is 1. The molecule has 30 heavy (non-hydrogen) atoms. The fourth-order valence-electron chi connectivity index (χ4n) is 4.07. The summed E-state index contributed by atoms with van der Waals surface area (Å²) in [5, 5.41) is 0.162. The normalized spacial score (nSPS) is 15.5. The molecular formula is C23H21F3N2O2. The summed E-state index contributed by atoms with van der Waals surface area (Å²) >= 11 is 0. The Kier molecular flexibility index (Phi) is 5.37. The van der Waals surface area contributed by atoms with Gasteiger partial charge in [-0.05, 0) is 42.9 Å². The molecule has 0 aliphatic carbocycles. The summed E-state index contributed by atoms with van der Waals surface area (Å²) in [7, 11) is 0. The number of Topliss-reactive ketones (excluding diaryl/α,β-unsaturated/α-hetero) is 1. The third kappa shape index (κ3) is 4.10. The lowest BCUT2D eigenvalue weighted by molar-refractivity contribution is -0.0884. The van der Waals surface area contributed by atoms with Gasteiger partial charge in [0, 0.05) is 35.8 Å². The third-order valence-corrected chi connectivity index (χ3v) is 5.70. The summed E-state index contributed by atoms with van der Waals surface area (Å²) in [4.78, 5) is 28.9. The van der Waals surface area contributed by atoms with E-state index in [1.807, 2.05) is 18.2 Å². The number of nitrogens with zero attached hydrogens (tertiary/aromatic N) is 1. The van der Waals surface area contributed by atoms with Crippen LogP contribution in [0.15, 0.2) is 54.7 Å². The zero-order valence-corrected chi connectivity index (χ0v) is 16.2. The van der Waals surface area contributed by atoms with E-state index in [0.717, 1.165) is 25.5 Å². The molecule has 7 heteroatoms. The predicted octanol–water partition coefficient (Wildman–Crippen LogP) is 5.01. The minimum absolute atomic E-state index is 0.145. The molecule has 1 aliphatic rings. The van der Waals surface area contributed by atoms with E-state index < -0.39 is 17.5 Å². The number of alkyl halides is 3. The maximum Gasteiger partial charge on any atom is 0.454 e. The number of aromatic nitrogens is 1. The zero-order chi connectivity index (χ0) is 21.3. The molecule has 0 atom stereocenters. The van der Waals surface area contributed by atoms with E-state index in [2.05, 4.69) is 17.1 Å². The summed E-state index contributed by atoms with van der Waals surface area (Å²) < 4.78 is 38.2. The van der Waals surface area contributed by atoms with Gasteiger partial charge in [-0.25, -0.2) is 0 Å². The van der Waals surface area contributed by atoms with Crippen molar-refractivity contribution >= 4 is 22.6 Å². The number of halogens is 3. The Labute approximate surface area is 171 Å². The first-order valence-corrected chi connectivity index (χ1v) is 9.89. The Morgan fingerprint density at radius 2 is 1.73 bits per heavy atom. The molecule has 0 unspecified atom stereocenters. The number of aromatic amines is 1. The van der Waals surface area contributed by atoms with Crippen LogP contribution >= 0.6 is 0 Å². The Balaban J connectivity index is 1.43. The Morgan fingerprint density at radius 3 is 2.40 bits per heavy atom. The monoisotopic (exact) mass is 414 g/mol. The molecule has 4 rings (SSSR count). The summed E-state index contributed by atoms with van der Waals surface area (Å²) in [5.41, 5.74) is 1.60. The molecule has 1 aliphatic heterocycles. The lowest BCUT2D eigenvalue weighted by atomic mass is 9.90. The van der Waals surface area contributed by atoms with Crippen LogP contribution in [0.1, 0.15) is 39.1 Å². The van der Waals surface area contributed by atoms with Crippen LogP contribution in [-0.4, -0.2) is 40.8 Å². The molecule has 0 bridgehead atoms. The number of carbonyl (C=O) groups is 2. The first-order valence-electron chi connectivity index (χ1n) is 9.89. The van der Waals surface area contributed by atoms with Crippen LogP contribution in [0, 0.1) is 5.92 Å². The highest BCUT2D eigenvalue weighted by Crippen LogP contribution is 2.28. The van der Waals surface area contributed by atoms with Crippen LogP contribution in [0.5, 0.6) is 0 Å². The van der Waals surface area contributed by atoms with Crippen molar-refractivity contribution in [3.63, 3.8) is 0 Å². The van der Waals surface area contributed by atoms with Gasteiger partial charge in [0.15, 0.2) is 0 Å². The van der Waals surface area contributed by atoms with Crippen molar-refractivity contribution in [2.24, 2.45) is 5.92 Å². The van der Waals surface area contributed by atoms with Gasteiger partial charge < -0.3 is 9.88 Å². The van der Waals surface area contributed by atoms with Crippen molar-refractivity contribution in [1.29, 1.82) is 0 Å². The van der Waals surface area contributed by atoms with E-state index in [4.69, 9.17) is 0 Å².